The number of pyridine rings is 1. The normalized spacial score (nSPS) is 12.1. The highest BCUT2D eigenvalue weighted by molar-refractivity contribution is 5.80. The van der Waals surface area contributed by atoms with Crippen LogP contribution in [0.25, 0.3) is 11.1 Å². The van der Waals surface area contributed by atoms with E-state index < -0.39 is 0 Å². The van der Waals surface area contributed by atoms with Gasteiger partial charge in [0.25, 0.3) is 0 Å². The molecule has 18 heavy (non-hydrogen) atoms. The van der Waals surface area contributed by atoms with E-state index in [9.17, 15) is 4.79 Å². The summed E-state index contributed by atoms with van der Waals surface area (Å²) in [5, 5.41) is 0. The van der Waals surface area contributed by atoms with E-state index >= 15 is 0 Å². The zero-order valence-electron chi connectivity index (χ0n) is 10.8. The van der Waals surface area contributed by atoms with E-state index in [1.807, 2.05) is 49.0 Å². The molecule has 0 aliphatic heterocycles. The van der Waals surface area contributed by atoms with Gasteiger partial charge in [-0.15, -0.1) is 0 Å². The van der Waals surface area contributed by atoms with Gasteiger partial charge in [0.2, 0.25) is 6.04 Å². The highest BCUT2D eigenvalue weighted by Crippen LogP contribution is 2.17. The van der Waals surface area contributed by atoms with E-state index in [-0.39, 0.29) is 11.8 Å². The van der Waals surface area contributed by atoms with Crippen LogP contribution < -0.4 is 4.57 Å². The van der Waals surface area contributed by atoms with E-state index in [1.54, 1.807) is 0 Å². The SMILES string of the molecule is CCC(=O)C(C)[n+]1ccc(-c2ccccc2)cc1. The molecule has 1 aromatic carbocycles. The molecule has 2 nitrogen and oxygen atoms in total. The number of carbonyl (C=O) groups excluding carboxylic acids is 1. The summed E-state index contributed by atoms with van der Waals surface area (Å²) in [6.45, 7) is 3.84. The molecule has 0 N–H and O–H groups in total. The molecular weight excluding hydrogens is 222 g/mol. The van der Waals surface area contributed by atoms with Crippen LogP contribution in [0.15, 0.2) is 54.9 Å². The lowest BCUT2D eigenvalue weighted by Gasteiger charge is -2.05. The molecule has 0 radical (unpaired) electrons. The number of Topliss-reactive ketones (excluding diaryl/α,β-unsaturated/α-hetero) is 1. The van der Waals surface area contributed by atoms with Gasteiger partial charge in [0, 0.05) is 25.5 Å². The van der Waals surface area contributed by atoms with Gasteiger partial charge < -0.3 is 0 Å². The number of nitrogens with zero attached hydrogens (tertiary/aromatic N) is 1. The monoisotopic (exact) mass is 240 g/mol. The van der Waals surface area contributed by atoms with E-state index in [1.165, 1.54) is 11.1 Å². The third-order valence-electron chi connectivity index (χ3n) is 3.22. The average Bonchev–Trinajstić information content (AvgIpc) is 2.47. The Hall–Kier alpha value is -1.96. The molecule has 1 atom stereocenters. The molecular formula is C16H18NO+. The molecule has 1 heterocycles. The van der Waals surface area contributed by atoms with E-state index in [0.717, 1.165) is 0 Å². The molecule has 1 aromatic heterocycles. The molecule has 2 heteroatoms. The Kier molecular flexibility index (Phi) is 3.88. The van der Waals surface area contributed by atoms with Crippen molar-refractivity contribution in [1.29, 1.82) is 0 Å². The van der Waals surface area contributed by atoms with Crippen molar-refractivity contribution < 1.29 is 9.36 Å². The van der Waals surface area contributed by atoms with Gasteiger partial charge in [-0.2, -0.15) is 4.57 Å². The van der Waals surface area contributed by atoms with Crippen LogP contribution in [0.1, 0.15) is 26.3 Å². The number of hydrogen-bond donors (Lipinski definition) is 0. The summed E-state index contributed by atoms with van der Waals surface area (Å²) in [6, 6.07) is 14.2. The number of rotatable bonds is 4. The van der Waals surface area contributed by atoms with Crippen molar-refractivity contribution in [1.82, 2.24) is 0 Å². The van der Waals surface area contributed by atoms with Crippen molar-refractivity contribution in [2.24, 2.45) is 0 Å². The highest BCUT2D eigenvalue weighted by atomic mass is 16.1. The molecule has 1 unspecified atom stereocenters. The first-order valence-electron chi connectivity index (χ1n) is 6.31. The van der Waals surface area contributed by atoms with E-state index in [4.69, 9.17) is 0 Å². The zero-order valence-corrected chi connectivity index (χ0v) is 10.8. The van der Waals surface area contributed by atoms with Crippen molar-refractivity contribution in [3.05, 3.63) is 54.9 Å². The smallest absolute Gasteiger partial charge is 0.213 e. The lowest BCUT2D eigenvalue weighted by Crippen LogP contribution is -2.41. The predicted octanol–water partition coefficient (Wildman–Crippen LogP) is 3.18. The molecule has 0 spiro atoms. The highest BCUT2D eigenvalue weighted by Gasteiger charge is 2.19. The minimum Gasteiger partial charge on any atom is -0.292 e. The Morgan fingerprint density at radius 3 is 2.17 bits per heavy atom. The first kappa shape index (κ1) is 12.5. The third-order valence-corrected chi connectivity index (χ3v) is 3.22. The van der Waals surface area contributed by atoms with Gasteiger partial charge in [-0.05, 0) is 11.1 Å². The standard InChI is InChI=1S/C16H18NO/c1-3-16(18)13(2)17-11-9-15(10-12-17)14-7-5-4-6-8-14/h4-13H,3H2,1-2H3/q+1. The van der Waals surface area contributed by atoms with E-state index in [0.29, 0.717) is 6.42 Å². The molecule has 0 amide bonds. The first-order valence-corrected chi connectivity index (χ1v) is 6.31. The molecule has 92 valence electrons. The Balaban J connectivity index is 2.23. The fraction of sp³-hybridized carbons (Fsp3) is 0.250. The van der Waals surface area contributed by atoms with Crippen LogP contribution in [0, 0.1) is 0 Å². The Morgan fingerprint density at radius 1 is 1.06 bits per heavy atom. The van der Waals surface area contributed by atoms with Crippen LogP contribution in [0.5, 0.6) is 0 Å². The molecule has 0 bridgehead atoms. The molecule has 0 fully saturated rings. The minimum absolute atomic E-state index is 0.0835. The third kappa shape index (κ3) is 2.65. The van der Waals surface area contributed by atoms with Crippen molar-refractivity contribution in [3.8, 4) is 11.1 Å². The molecule has 0 saturated carbocycles. The van der Waals surface area contributed by atoms with Crippen molar-refractivity contribution in [3.63, 3.8) is 0 Å². The summed E-state index contributed by atoms with van der Waals surface area (Å²) in [6.07, 6.45) is 4.52. The molecule has 0 saturated heterocycles. The van der Waals surface area contributed by atoms with Crippen LogP contribution >= 0.6 is 0 Å². The second-order valence-electron chi connectivity index (χ2n) is 4.40. The molecule has 2 aromatic rings. The first-order chi connectivity index (χ1) is 8.72. The predicted molar refractivity (Wildman–Crippen MR) is 72.1 cm³/mol. The molecule has 0 aliphatic carbocycles. The summed E-state index contributed by atoms with van der Waals surface area (Å²) in [7, 11) is 0. The van der Waals surface area contributed by atoms with Crippen LogP contribution in [-0.2, 0) is 4.79 Å². The van der Waals surface area contributed by atoms with Gasteiger partial charge >= 0.3 is 0 Å². The maximum absolute atomic E-state index is 11.6. The van der Waals surface area contributed by atoms with Crippen molar-refractivity contribution >= 4 is 5.78 Å². The fourth-order valence-corrected chi connectivity index (χ4v) is 1.98. The van der Waals surface area contributed by atoms with Crippen LogP contribution in [0.2, 0.25) is 0 Å². The van der Waals surface area contributed by atoms with E-state index in [2.05, 4.69) is 24.3 Å². The van der Waals surface area contributed by atoms with Gasteiger partial charge in [0.1, 0.15) is 0 Å². The quantitative estimate of drug-likeness (QED) is 0.752. The Labute approximate surface area is 108 Å². The zero-order chi connectivity index (χ0) is 13.0. The summed E-state index contributed by atoms with van der Waals surface area (Å²) in [4.78, 5) is 11.6. The summed E-state index contributed by atoms with van der Waals surface area (Å²) in [5.74, 6) is 0.257. The summed E-state index contributed by atoms with van der Waals surface area (Å²) >= 11 is 0. The number of aromatic nitrogens is 1. The van der Waals surface area contributed by atoms with Gasteiger partial charge in [-0.1, -0.05) is 37.3 Å². The second-order valence-corrected chi connectivity index (χ2v) is 4.40. The van der Waals surface area contributed by atoms with Gasteiger partial charge in [-0.3, -0.25) is 4.79 Å². The maximum Gasteiger partial charge on any atom is 0.213 e. The van der Waals surface area contributed by atoms with Crippen LogP contribution in [-0.4, -0.2) is 5.78 Å². The van der Waals surface area contributed by atoms with Gasteiger partial charge in [-0.25, -0.2) is 0 Å². The summed E-state index contributed by atoms with van der Waals surface area (Å²) in [5.41, 5.74) is 2.36. The maximum atomic E-state index is 11.6. The van der Waals surface area contributed by atoms with Gasteiger partial charge in [0.15, 0.2) is 18.2 Å². The van der Waals surface area contributed by atoms with Crippen LogP contribution in [0.3, 0.4) is 0 Å². The minimum atomic E-state index is -0.0835. The lowest BCUT2D eigenvalue weighted by atomic mass is 10.1. The molecule has 0 aliphatic rings. The topological polar surface area (TPSA) is 20.9 Å². The number of benzene rings is 1. The number of carbonyl (C=O) groups is 1. The largest absolute Gasteiger partial charge is 0.292 e. The van der Waals surface area contributed by atoms with Crippen molar-refractivity contribution in [2.45, 2.75) is 26.3 Å². The average molecular weight is 240 g/mol. The Bertz CT molecular complexity index is 517. The molecule has 2 rings (SSSR count). The fourth-order valence-electron chi connectivity index (χ4n) is 1.98. The van der Waals surface area contributed by atoms with Crippen LogP contribution in [0.4, 0.5) is 0 Å². The Morgan fingerprint density at radius 2 is 1.61 bits per heavy atom. The number of ketones is 1. The van der Waals surface area contributed by atoms with Crippen molar-refractivity contribution in [2.75, 3.05) is 0 Å². The lowest BCUT2D eigenvalue weighted by molar-refractivity contribution is -0.705. The summed E-state index contributed by atoms with van der Waals surface area (Å²) < 4.78 is 1.96. The number of hydrogen-bond acceptors (Lipinski definition) is 1. The second kappa shape index (κ2) is 5.58. The van der Waals surface area contributed by atoms with Gasteiger partial charge in [0.05, 0.1) is 0 Å².